The van der Waals surface area contributed by atoms with Crippen LogP contribution in [0, 0.1) is 5.92 Å². The fourth-order valence-corrected chi connectivity index (χ4v) is 1.90. The van der Waals surface area contributed by atoms with Crippen LogP contribution in [0.15, 0.2) is 0 Å². The second-order valence-electron chi connectivity index (χ2n) is 4.46. The van der Waals surface area contributed by atoms with Crippen LogP contribution in [0.5, 0.6) is 0 Å². The van der Waals surface area contributed by atoms with E-state index in [1.807, 2.05) is 0 Å². The number of piperazine rings is 1. The summed E-state index contributed by atoms with van der Waals surface area (Å²) in [6, 6.07) is 1.44. The highest BCUT2D eigenvalue weighted by Gasteiger charge is 2.24. The summed E-state index contributed by atoms with van der Waals surface area (Å²) in [4.78, 5) is 2.51. The molecule has 0 aromatic rings. The minimum absolute atomic E-state index is 0.697. The summed E-state index contributed by atoms with van der Waals surface area (Å²) in [5.74, 6) is 0.810. The maximum Gasteiger partial charge on any atom is 0.0223 e. The molecule has 1 saturated heterocycles. The Morgan fingerprint density at radius 1 is 1.42 bits per heavy atom. The molecule has 0 aromatic heterocycles. The summed E-state index contributed by atoms with van der Waals surface area (Å²) < 4.78 is 0. The van der Waals surface area contributed by atoms with Crippen molar-refractivity contribution in [2.75, 3.05) is 20.1 Å². The predicted molar refractivity (Wildman–Crippen MR) is 53.3 cm³/mol. The van der Waals surface area contributed by atoms with Crippen LogP contribution in [0.4, 0.5) is 0 Å². The maximum absolute atomic E-state index is 3.48. The van der Waals surface area contributed by atoms with E-state index in [2.05, 4.69) is 38.0 Å². The van der Waals surface area contributed by atoms with E-state index in [4.69, 9.17) is 0 Å². The Kier molecular flexibility index (Phi) is 3.53. The SMILES string of the molecule is CC(C)CC1CNC[C@H](C)N1C. The molecule has 0 saturated carbocycles. The van der Waals surface area contributed by atoms with Crippen molar-refractivity contribution >= 4 is 0 Å². The summed E-state index contributed by atoms with van der Waals surface area (Å²) in [7, 11) is 2.25. The number of nitrogens with zero attached hydrogens (tertiary/aromatic N) is 1. The summed E-state index contributed by atoms with van der Waals surface area (Å²) in [5.41, 5.74) is 0. The van der Waals surface area contributed by atoms with Crippen LogP contribution >= 0.6 is 0 Å². The minimum atomic E-state index is 0.697. The van der Waals surface area contributed by atoms with Crippen molar-refractivity contribution in [2.45, 2.75) is 39.3 Å². The maximum atomic E-state index is 3.48. The molecule has 0 amide bonds. The van der Waals surface area contributed by atoms with Gasteiger partial charge in [-0.05, 0) is 26.3 Å². The Bertz CT molecular complexity index is 134. The molecule has 0 bridgehead atoms. The van der Waals surface area contributed by atoms with E-state index < -0.39 is 0 Å². The monoisotopic (exact) mass is 170 g/mol. The fraction of sp³-hybridized carbons (Fsp3) is 1.00. The van der Waals surface area contributed by atoms with E-state index in [1.54, 1.807) is 0 Å². The zero-order valence-electron chi connectivity index (χ0n) is 8.80. The first-order valence-corrected chi connectivity index (χ1v) is 5.04. The molecule has 1 rings (SSSR count). The van der Waals surface area contributed by atoms with E-state index in [0.29, 0.717) is 6.04 Å². The molecule has 2 nitrogen and oxygen atoms in total. The van der Waals surface area contributed by atoms with Gasteiger partial charge in [0.1, 0.15) is 0 Å². The number of hydrogen-bond donors (Lipinski definition) is 1. The highest BCUT2D eigenvalue weighted by molar-refractivity contribution is 4.83. The topological polar surface area (TPSA) is 15.3 Å². The van der Waals surface area contributed by atoms with E-state index in [1.165, 1.54) is 13.0 Å². The molecule has 1 unspecified atom stereocenters. The van der Waals surface area contributed by atoms with Crippen LogP contribution in [0.25, 0.3) is 0 Å². The zero-order chi connectivity index (χ0) is 9.14. The van der Waals surface area contributed by atoms with E-state index in [0.717, 1.165) is 18.5 Å². The third kappa shape index (κ3) is 2.46. The summed E-state index contributed by atoms with van der Waals surface area (Å²) in [5, 5.41) is 3.48. The number of hydrogen-bond acceptors (Lipinski definition) is 2. The van der Waals surface area contributed by atoms with Crippen molar-refractivity contribution in [3.8, 4) is 0 Å². The number of rotatable bonds is 2. The lowest BCUT2D eigenvalue weighted by Crippen LogP contribution is -2.54. The highest BCUT2D eigenvalue weighted by Crippen LogP contribution is 2.14. The van der Waals surface area contributed by atoms with Crippen molar-refractivity contribution < 1.29 is 0 Å². The number of nitrogens with one attached hydrogen (secondary N) is 1. The van der Waals surface area contributed by atoms with Crippen LogP contribution in [-0.4, -0.2) is 37.1 Å². The number of likely N-dealkylation sites (N-methyl/N-ethyl adjacent to an activating group) is 1. The standard InChI is InChI=1S/C10H22N2/c1-8(2)5-10-7-11-6-9(3)12(10)4/h8-11H,5-7H2,1-4H3/t9-,10?/m0/s1. The molecular weight excluding hydrogens is 148 g/mol. The largest absolute Gasteiger partial charge is 0.314 e. The van der Waals surface area contributed by atoms with Crippen LogP contribution in [-0.2, 0) is 0 Å². The molecule has 72 valence electrons. The third-order valence-electron chi connectivity index (χ3n) is 2.83. The quantitative estimate of drug-likeness (QED) is 0.672. The molecule has 0 spiro atoms. The van der Waals surface area contributed by atoms with Gasteiger partial charge in [0.05, 0.1) is 0 Å². The normalized spacial score (nSPS) is 32.8. The lowest BCUT2D eigenvalue weighted by Gasteiger charge is -2.39. The molecule has 12 heavy (non-hydrogen) atoms. The van der Waals surface area contributed by atoms with E-state index >= 15 is 0 Å². The van der Waals surface area contributed by atoms with E-state index in [-0.39, 0.29) is 0 Å². The van der Waals surface area contributed by atoms with Gasteiger partial charge in [0.15, 0.2) is 0 Å². The highest BCUT2D eigenvalue weighted by atomic mass is 15.2. The second kappa shape index (κ2) is 4.24. The van der Waals surface area contributed by atoms with Gasteiger partial charge in [-0.15, -0.1) is 0 Å². The molecule has 0 aliphatic carbocycles. The van der Waals surface area contributed by atoms with Gasteiger partial charge in [-0.25, -0.2) is 0 Å². The molecule has 1 fully saturated rings. The molecule has 0 radical (unpaired) electrons. The lowest BCUT2D eigenvalue weighted by atomic mass is 9.99. The molecule has 2 atom stereocenters. The first-order chi connectivity index (χ1) is 5.61. The molecule has 1 heterocycles. The fourth-order valence-electron chi connectivity index (χ4n) is 1.90. The smallest absolute Gasteiger partial charge is 0.0223 e. The Hall–Kier alpha value is -0.0800. The van der Waals surface area contributed by atoms with Crippen molar-refractivity contribution in [3.05, 3.63) is 0 Å². The molecule has 1 aliphatic rings. The Balaban J connectivity index is 2.41. The Morgan fingerprint density at radius 2 is 2.08 bits per heavy atom. The first-order valence-electron chi connectivity index (χ1n) is 5.04. The third-order valence-corrected chi connectivity index (χ3v) is 2.83. The van der Waals surface area contributed by atoms with Gasteiger partial charge in [-0.3, -0.25) is 4.90 Å². The predicted octanol–water partition coefficient (Wildman–Crippen LogP) is 1.32. The van der Waals surface area contributed by atoms with Gasteiger partial charge in [-0.2, -0.15) is 0 Å². The first kappa shape index (κ1) is 10.0. The van der Waals surface area contributed by atoms with Gasteiger partial charge in [0.25, 0.3) is 0 Å². The summed E-state index contributed by atoms with van der Waals surface area (Å²) in [6.45, 7) is 9.20. The molecule has 0 aromatic carbocycles. The van der Waals surface area contributed by atoms with Crippen LogP contribution in [0.2, 0.25) is 0 Å². The van der Waals surface area contributed by atoms with Crippen molar-refractivity contribution in [1.29, 1.82) is 0 Å². The summed E-state index contributed by atoms with van der Waals surface area (Å²) >= 11 is 0. The van der Waals surface area contributed by atoms with Crippen molar-refractivity contribution in [3.63, 3.8) is 0 Å². The zero-order valence-corrected chi connectivity index (χ0v) is 8.80. The Labute approximate surface area is 76.3 Å². The van der Waals surface area contributed by atoms with Crippen LogP contribution < -0.4 is 5.32 Å². The van der Waals surface area contributed by atoms with Gasteiger partial charge >= 0.3 is 0 Å². The van der Waals surface area contributed by atoms with E-state index in [9.17, 15) is 0 Å². The van der Waals surface area contributed by atoms with Crippen LogP contribution in [0.3, 0.4) is 0 Å². The minimum Gasteiger partial charge on any atom is -0.314 e. The van der Waals surface area contributed by atoms with Gasteiger partial charge in [0, 0.05) is 25.2 Å². The van der Waals surface area contributed by atoms with Gasteiger partial charge in [-0.1, -0.05) is 13.8 Å². The molecule has 1 aliphatic heterocycles. The molecule has 2 heteroatoms. The summed E-state index contributed by atoms with van der Waals surface area (Å²) in [6.07, 6.45) is 1.31. The Morgan fingerprint density at radius 3 is 2.67 bits per heavy atom. The molecular formula is C10H22N2. The molecule has 1 N–H and O–H groups in total. The van der Waals surface area contributed by atoms with Gasteiger partial charge < -0.3 is 5.32 Å². The second-order valence-corrected chi connectivity index (χ2v) is 4.46. The average molecular weight is 170 g/mol. The van der Waals surface area contributed by atoms with Crippen molar-refractivity contribution in [2.24, 2.45) is 5.92 Å². The van der Waals surface area contributed by atoms with Gasteiger partial charge in [0.2, 0.25) is 0 Å². The van der Waals surface area contributed by atoms with Crippen molar-refractivity contribution in [1.82, 2.24) is 10.2 Å². The average Bonchev–Trinajstić information content (AvgIpc) is 1.98. The van der Waals surface area contributed by atoms with Crippen LogP contribution in [0.1, 0.15) is 27.2 Å². The lowest BCUT2D eigenvalue weighted by molar-refractivity contribution is 0.124.